The lowest BCUT2D eigenvalue weighted by atomic mass is 10.6. The molecule has 0 atom stereocenters. The molecular formula is C3H5ClF3N. The van der Waals surface area contributed by atoms with Gasteiger partial charge in [-0.3, -0.25) is 0 Å². The number of hydrogen-bond acceptors (Lipinski definition) is 1. The van der Waals surface area contributed by atoms with Crippen LogP contribution in [-0.4, -0.2) is 6.54 Å². The van der Waals surface area contributed by atoms with E-state index in [1.165, 1.54) is 0 Å². The van der Waals surface area contributed by atoms with Crippen LogP contribution in [0.3, 0.4) is 0 Å². The lowest BCUT2D eigenvalue weighted by Crippen LogP contribution is -1.98. The Balaban J connectivity index is 0. The van der Waals surface area contributed by atoms with Crippen molar-refractivity contribution in [2.75, 3.05) is 6.54 Å². The van der Waals surface area contributed by atoms with Gasteiger partial charge in [-0.2, -0.15) is 8.78 Å². The Morgan fingerprint density at radius 1 is 1.25 bits per heavy atom. The Morgan fingerprint density at radius 3 is 1.62 bits per heavy atom. The minimum Gasteiger partial charge on any atom is -0.324 e. The van der Waals surface area contributed by atoms with Crippen molar-refractivity contribution >= 4 is 12.4 Å². The van der Waals surface area contributed by atoms with Gasteiger partial charge in [0.15, 0.2) is 5.83 Å². The largest absolute Gasteiger partial charge is 0.324 e. The maximum Gasteiger partial charge on any atom is 0.302 e. The van der Waals surface area contributed by atoms with Crippen LogP contribution in [0.15, 0.2) is 11.9 Å². The van der Waals surface area contributed by atoms with Crippen LogP contribution in [0.5, 0.6) is 0 Å². The maximum atomic E-state index is 11.3. The smallest absolute Gasteiger partial charge is 0.302 e. The minimum absolute atomic E-state index is 0. The third-order valence-electron chi connectivity index (χ3n) is 0.384. The van der Waals surface area contributed by atoms with Crippen molar-refractivity contribution in [2.24, 2.45) is 5.73 Å². The second-order valence-corrected chi connectivity index (χ2v) is 0.869. The van der Waals surface area contributed by atoms with Crippen LogP contribution >= 0.6 is 12.4 Å². The fourth-order valence-electron chi connectivity index (χ4n) is 0.0772. The third-order valence-corrected chi connectivity index (χ3v) is 0.384. The van der Waals surface area contributed by atoms with Crippen molar-refractivity contribution in [1.82, 2.24) is 0 Å². The van der Waals surface area contributed by atoms with Gasteiger partial charge in [-0.15, -0.1) is 12.4 Å². The monoisotopic (exact) mass is 147 g/mol. The van der Waals surface area contributed by atoms with Gasteiger partial charge in [0.05, 0.1) is 6.54 Å². The first-order chi connectivity index (χ1) is 3.18. The van der Waals surface area contributed by atoms with Crippen LogP contribution in [-0.2, 0) is 0 Å². The maximum absolute atomic E-state index is 11.3. The molecule has 0 unspecified atom stereocenters. The normalized spacial score (nSPS) is 7.50. The van der Waals surface area contributed by atoms with Gasteiger partial charge >= 0.3 is 6.08 Å². The van der Waals surface area contributed by atoms with Gasteiger partial charge in [0.2, 0.25) is 0 Å². The average Bonchev–Trinajstić information content (AvgIpc) is 1.65. The molecule has 0 fully saturated rings. The van der Waals surface area contributed by atoms with Crippen molar-refractivity contribution in [3.8, 4) is 0 Å². The molecule has 50 valence electrons. The molecule has 0 saturated carbocycles. The zero-order valence-corrected chi connectivity index (χ0v) is 4.64. The Hall–Kier alpha value is -0.220. The van der Waals surface area contributed by atoms with E-state index in [9.17, 15) is 13.2 Å². The van der Waals surface area contributed by atoms with E-state index in [1.807, 2.05) is 0 Å². The second-order valence-electron chi connectivity index (χ2n) is 0.869. The van der Waals surface area contributed by atoms with E-state index < -0.39 is 18.5 Å². The molecule has 0 rings (SSSR count). The van der Waals surface area contributed by atoms with Crippen molar-refractivity contribution in [1.29, 1.82) is 0 Å². The molecule has 0 radical (unpaired) electrons. The SMILES string of the molecule is Cl.NCC(F)=C(F)F. The van der Waals surface area contributed by atoms with Crippen LogP contribution in [0.1, 0.15) is 0 Å². The van der Waals surface area contributed by atoms with E-state index in [-0.39, 0.29) is 12.4 Å². The van der Waals surface area contributed by atoms with Crippen molar-refractivity contribution in [3.63, 3.8) is 0 Å². The van der Waals surface area contributed by atoms with Gasteiger partial charge in [-0.05, 0) is 0 Å². The van der Waals surface area contributed by atoms with Crippen molar-refractivity contribution in [3.05, 3.63) is 11.9 Å². The Morgan fingerprint density at radius 2 is 1.62 bits per heavy atom. The zero-order valence-electron chi connectivity index (χ0n) is 3.83. The number of hydrogen-bond donors (Lipinski definition) is 1. The van der Waals surface area contributed by atoms with Crippen LogP contribution in [0.2, 0.25) is 0 Å². The first-order valence-electron chi connectivity index (χ1n) is 1.58. The summed E-state index contributed by atoms with van der Waals surface area (Å²) in [6.45, 7) is -0.720. The molecule has 0 saturated heterocycles. The highest BCUT2D eigenvalue weighted by molar-refractivity contribution is 5.85. The van der Waals surface area contributed by atoms with E-state index in [2.05, 4.69) is 5.73 Å². The molecule has 0 amide bonds. The molecule has 0 bridgehead atoms. The van der Waals surface area contributed by atoms with E-state index in [4.69, 9.17) is 0 Å². The Bertz CT molecular complexity index is 88.5. The first-order valence-corrected chi connectivity index (χ1v) is 1.58. The summed E-state index contributed by atoms with van der Waals surface area (Å²) in [5.74, 6) is -1.54. The topological polar surface area (TPSA) is 26.0 Å². The van der Waals surface area contributed by atoms with E-state index in [0.29, 0.717) is 0 Å². The summed E-state index contributed by atoms with van der Waals surface area (Å²) in [5.41, 5.74) is 4.46. The number of rotatable bonds is 1. The highest BCUT2D eigenvalue weighted by Crippen LogP contribution is 2.05. The lowest BCUT2D eigenvalue weighted by molar-refractivity contribution is 0.376. The fraction of sp³-hybridized carbons (Fsp3) is 0.333. The van der Waals surface area contributed by atoms with Gasteiger partial charge in [0.25, 0.3) is 0 Å². The quantitative estimate of drug-likeness (QED) is 0.597. The summed E-state index contributed by atoms with van der Waals surface area (Å²) in [7, 11) is 0. The van der Waals surface area contributed by atoms with Gasteiger partial charge in [0.1, 0.15) is 0 Å². The third kappa shape index (κ3) is 3.95. The number of nitrogens with two attached hydrogens (primary N) is 1. The summed E-state index contributed by atoms with van der Waals surface area (Å²) in [6.07, 6.45) is -2.33. The second kappa shape index (κ2) is 4.93. The molecule has 0 aliphatic heterocycles. The van der Waals surface area contributed by atoms with Gasteiger partial charge in [-0.25, -0.2) is 4.39 Å². The fourth-order valence-corrected chi connectivity index (χ4v) is 0.0772. The molecule has 0 spiro atoms. The number of halogens is 4. The molecule has 0 aromatic rings. The lowest BCUT2D eigenvalue weighted by Gasteiger charge is -1.82. The molecule has 1 nitrogen and oxygen atoms in total. The minimum atomic E-state index is -2.33. The van der Waals surface area contributed by atoms with Gasteiger partial charge in [0, 0.05) is 0 Å². The predicted molar refractivity (Wildman–Crippen MR) is 26.7 cm³/mol. The predicted octanol–water partition coefficient (Wildman–Crippen LogP) is 1.44. The summed E-state index contributed by atoms with van der Waals surface area (Å²) < 4.78 is 33.0. The van der Waals surface area contributed by atoms with E-state index in [0.717, 1.165) is 0 Å². The molecule has 0 aliphatic rings. The van der Waals surface area contributed by atoms with E-state index in [1.54, 1.807) is 0 Å². The summed E-state index contributed by atoms with van der Waals surface area (Å²) >= 11 is 0. The molecule has 2 N–H and O–H groups in total. The molecule has 0 aromatic carbocycles. The summed E-state index contributed by atoms with van der Waals surface area (Å²) in [6, 6.07) is 0. The summed E-state index contributed by atoms with van der Waals surface area (Å²) in [4.78, 5) is 0. The highest BCUT2D eigenvalue weighted by atomic mass is 35.5. The van der Waals surface area contributed by atoms with Crippen LogP contribution in [0.4, 0.5) is 13.2 Å². The molecule has 0 heterocycles. The standard InChI is InChI=1S/C3H4F3N.ClH/c4-2(1-7)3(5)6;/h1,7H2;1H. The highest BCUT2D eigenvalue weighted by Gasteiger charge is 1.98. The zero-order chi connectivity index (χ0) is 5.86. The first kappa shape index (κ1) is 10.7. The van der Waals surface area contributed by atoms with Gasteiger partial charge < -0.3 is 5.73 Å². The Kier molecular flexibility index (Phi) is 6.59. The van der Waals surface area contributed by atoms with Crippen LogP contribution < -0.4 is 5.73 Å². The van der Waals surface area contributed by atoms with Crippen LogP contribution in [0.25, 0.3) is 0 Å². The average molecular weight is 148 g/mol. The van der Waals surface area contributed by atoms with E-state index >= 15 is 0 Å². The summed E-state index contributed by atoms with van der Waals surface area (Å²) in [5, 5.41) is 0. The molecule has 0 aromatic heterocycles. The Labute approximate surface area is 50.8 Å². The molecule has 0 aliphatic carbocycles. The molecular weight excluding hydrogens is 142 g/mol. The molecule has 5 heteroatoms. The van der Waals surface area contributed by atoms with Crippen molar-refractivity contribution in [2.45, 2.75) is 0 Å². The van der Waals surface area contributed by atoms with Crippen molar-refractivity contribution < 1.29 is 13.2 Å². The molecule has 8 heavy (non-hydrogen) atoms. The van der Waals surface area contributed by atoms with Crippen LogP contribution in [0, 0.1) is 0 Å². The van der Waals surface area contributed by atoms with Gasteiger partial charge in [-0.1, -0.05) is 0 Å².